The van der Waals surface area contributed by atoms with E-state index in [4.69, 9.17) is 4.74 Å². The van der Waals surface area contributed by atoms with Gasteiger partial charge in [-0.3, -0.25) is 0 Å². The molecule has 0 fully saturated rings. The van der Waals surface area contributed by atoms with Crippen molar-refractivity contribution in [1.29, 1.82) is 0 Å². The van der Waals surface area contributed by atoms with E-state index in [-0.39, 0.29) is 28.7 Å². The molecule has 0 saturated carbocycles. The third-order valence-corrected chi connectivity index (χ3v) is 4.31. The predicted octanol–water partition coefficient (Wildman–Crippen LogP) is 4.38. The van der Waals surface area contributed by atoms with Gasteiger partial charge in [0.15, 0.2) is 5.60 Å². The molecule has 0 amide bonds. The molecule has 0 aromatic heterocycles. The molecule has 20 heavy (non-hydrogen) atoms. The van der Waals surface area contributed by atoms with E-state index >= 15 is 0 Å². The Bertz CT molecular complexity index is 551. The minimum absolute atomic E-state index is 0.0260. The summed E-state index contributed by atoms with van der Waals surface area (Å²) >= 11 is -0.264. The van der Waals surface area contributed by atoms with Gasteiger partial charge in [-0.25, -0.2) is 4.79 Å². The van der Waals surface area contributed by atoms with E-state index in [0.29, 0.717) is 5.56 Å². The lowest BCUT2D eigenvalue weighted by atomic mass is 9.90. The van der Waals surface area contributed by atoms with Crippen LogP contribution in [0.2, 0.25) is 0 Å². The number of carbonyl (C=O) groups excluding carboxylic acids is 1. The van der Waals surface area contributed by atoms with Crippen molar-refractivity contribution >= 4 is 17.7 Å². The normalized spacial score (nSPS) is 23.1. The predicted molar refractivity (Wildman–Crippen MR) is 70.8 cm³/mol. The van der Waals surface area contributed by atoms with Crippen LogP contribution in [0.5, 0.6) is 0 Å². The van der Waals surface area contributed by atoms with Crippen molar-refractivity contribution in [3.05, 3.63) is 46.4 Å². The lowest BCUT2D eigenvalue weighted by Gasteiger charge is -2.30. The standard InChI is InChI=1S/C14H13F3O2S/c1-3-13(10-7-5-4-6-8-10)11(20-14(15,16)17)9(2)12(18)19-13/h4-8H,3H2,1-2H3. The number of rotatable bonds is 3. The second-order valence-electron chi connectivity index (χ2n) is 4.44. The van der Waals surface area contributed by atoms with E-state index in [1.807, 2.05) is 0 Å². The number of hydrogen-bond acceptors (Lipinski definition) is 3. The molecular weight excluding hydrogens is 289 g/mol. The first-order chi connectivity index (χ1) is 9.30. The van der Waals surface area contributed by atoms with Gasteiger partial charge in [0, 0.05) is 11.1 Å². The number of ether oxygens (including phenoxy) is 1. The maximum Gasteiger partial charge on any atom is 0.446 e. The van der Waals surface area contributed by atoms with Crippen LogP contribution in [0.15, 0.2) is 40.8 Å². The van der Waals surface area contributed by atoms with Crippen LogP contribution >= 0.6 is 11.8 Å². The van der Waals surface area contributed by atoms with Gasteiger partial charge in [-0.15, -0.1) is 0 Å². The van der Waals surface area contributed by atoms with E-state index in [9.17, 15) is 18.0 Å². The van der Waals surface area contributed by atoms with E-state index < -0.39 is 17.1 Å². The van der Waals surface area contributed by atoms with Crippen molar-refractivity contribution in [2.24, 2.45) is 0 Å². The van der Waals surface area contributed by atoms with Crippen molar-refractivity contribution in [2.45, 2.75) is 31.4 Å². The van der Waals surface area contributed by atoms with Crippen LogP contribution in [-0.2, 0) is 15.1 Å². The Kier molecular flexibility index (Phi) is 3.86. The molecule has 1 aliphatic rings. The van der Waals surface area contributed by atoms with Crippen LogP contribution in [0, 0.1) is 0 Å². The molecule has 0 bridgehead atoms. The van der Waals surface area contributed by atoms with Gasteiger partial charge < -0.3 is 4.74 Å². The average molecular weight is 302 g/mol. The van der Waals surface area contributed by atoms with Gasteiger partial charge >= 0.3 is 11.5 Å². The summed E-state index contributed by atoms with van der Waals surface area (Å²) in [5.74, 6) is -0.692. The van der Waals surface area contributed by atoms with Crippen molar-refractivity contribution in [1.82, 2.24) is 0 Å². The number of alkyl halides is 3. The Labute approximate surface area is 119 Å². The first kappa shape index (κ1) is 15.0. The highest BCUT2D eigenvalue weighted by atomic mass is 32.2. The monoisotopic (exact) mass is 302 g/mol. The van der Waals surface area contributed by atoms with Gasteiger partial charge in [-0.05, 0) is 25.1 Å². The molecule has 1 aromatic rings. The van der Waals surface area contributed by atoms with E-state index in [1.165, 1.54) is 6.92 Å². The van der Waals surface area contributed by atoms with Gasteiger partial charge in [0.05, 0.1) is 4.91 Å². The maximum absolute atomic E-state index is 12.8. The fourth-order valence-electron chi connectivity index (χ4n) is 2.29. The molecule has 1 heterocycles. The molecule has 6 heteroatoms. The van der Waals surface area contributed by atoms with Crippen LogP contribution in [-0.4, -0.2) is 11.5 Å². The lowest BCUT2D eigenvalue weighted by molar-refractivity contribution is -0.147. The Morgan fingerprint density at radius 2 is 1.85 bits per heavy atom. The fourth-order valence-corrected chi connectivity index (χ4v) is 3.22. The second kappa shape index (κ2) is 5.16. The Morgan fingerprint density at radius 3 is 2.35 bits per heavy atom. The third-order valence-electron chi connectivity index (χ3n) is 3.24. The number of cyclic esters (lactones) is 1. The largest absolute Gasteiger partial charge is 0.446 e. The zero-order chi connectivity index (χ0) is 15.0. The summed E-state index contributed by atoms with van der Waals surface area (Å²) in [5.41, 5.74) is -5.21. The van der Waals surface area contributed by atoms with Gasteiger partial charge in [-0.1, -0.05) is 37.3 Å². The van der Waals surface area contributed by atoms with E-state index in [2.05, 4.69) is 0 Å². The summed E-state index contributed by atoms with van der Waals surface area (Å²) in [6, 6.07) is 8.53. The smallest absolute Gasteiger partial charge is 0.445 e. The van der Waals surface area contributed by atoms with Crippen LogP contribution in [0.4, 0.5) is 13.2 Å². The topological polar surface area (TPSA) is 26.3 Å². The Balaban J connectivity index is 2.55. The summed E-state index contributed by atoms with van der Waals surface area (Å²) in [6.07, 6.45) is 0.249. The number of halogens is 3. The quantitative estimate of drug-likeness (QED) is 0.775. The molecule has 108 valence electrons. The second-order valence-corrected chi connectivity index (χ2v) is 5.51. The van der Waals surface area contributed by atoms with Crippen molar-refractivity contribution in [3.63, 3.8) is 0 Å². The Morgan fingerprint density at radius 1 is 1.25 bits per heavy atom. The summed E-state index contributed by atoms with van der Waals surface area (Å²) in [5, 5.41) is 0. The first-order valence-corrected chi connectivity index (χ1v) is 6.88. The molecule has 0 spiro atoms. The van der Waals surface area contributed by atoms with Crippen LogP contribution in [0.1, 0.15) is 25.8 Å². The lowest BCUT2D eigenvalue weighted by Crippen LogP contribution is -2.28. The van der Waals surface area contributed by atoms with Crippen molar-refractivity contribution in [3.8, 4) is 0 Å². The molecule has 2 rings (SSSR count). The number of esters is 1. The molecule has 0 aliphatic carbocycles. The fraction of sp³-hybridized carbons (Fsp3) is 0.357. The van der Waals surface area contributed by atoms with E-state index in [0.717, 1.165) is 0 Å². The van der Waals surface area contributed by atoms with E-state index in [1.54, 1.807) is 37.3 Å². The average Bonchev–Trinajstić information content (AvgIpc) is 2.63. The zero-order valence-corrected chi connectivity index (χ0v) is 11.8. The summed E-state index contributed by atoms with van der Waals surface area (Å²) in [7, 11) is 0. The number of thioether (sulfide) groups is 1. The summed E-state index contributed by atoms with van der Waals surface area (Å²) in [4.78, 5) is 11.7. The van der Waals surface area contributed by atoms with Crippen molar-refractivity contribution in [2.75, 3.05) is 0 Å². The summed E-state index contributed by atoms with van der Waals surface area (Å²) < 4.78 is 43.6. The molecule has 0 N–H and O–H groups in total. The van der Waals surface area contributed by atoms with Gasteiger partial charge in [0.2, 0.25) is 0 Å². The highest BCUT2D eigenvalue weighted by molar-refractivity contribution is 8.04. The number of hydrogen-bond donors (Lipinski definition) is 0. The zero-order valence-electron chi connectivity index (χ0n) is 11.0. The highest BCUT2D eigenvalue weighted by Crippen LogP contribution is 2.53. The third kappa shape index (κ3) is 2.57. The Hall–Kier alpha value is -1.43. The minimum atomic E-state index is -4.46. The number of benzene rings is 1. The molecular formula is C14H13F3O2S. The first-order valence-electron chi connectivity index (χ1n) is 6.06. The van der Waals surface area contributed by atoms with Crippen molar-refractivity contribution < 1.29 is 22.7 Å². The molecule has 2 nitrogen and oxygen atoms in total. The summed E-state index contributed by atoms with van der Waals surface area (Å²) in [6.45, 7) is 3.08. The minimum Gasteiger partial charge on any atom is -0.445 e. The van der Waals surface area contributed by atoms with Gasteiger partial charge in [0.1, 0.15) is 0 Å². The molecule has 0 radical (unpaired) electrons. The molecule has 1 atom stereocenters. The van der Waals surface area contributed by atoms with Gasteiger partial charge in [0.25, 0.3) is 0 Å². The maximum atomic E-state index is 12.8. The van der Waals surface area contributed by atoms with Gasteiger partial charge in [-0.2, -0.15) is 13.2 Å². The highest BCUT2D eigenvalue weighted by Gasteiger charge is 2.50. The molecule has 1 aromatic carbocycles. The van der Waals surface area contributed by atoms with Crippen LogP contribution in [0.25, 0.3) is 0 Å². The number of carbonyl (C=O) groups is 1. The van der Waals surface area contributed by atoms with Crippen LogP contribution < -0.4 is 0 Å². The molecule has 1 unspecified atom stereocenters. The molecule has 0 saturated heterocycles. The molecule has 1 aliphatic heterocycles. The SMILES string of the molecule is CCC1(c2ccccc2)OC(=O)C(C)=C1SC(F)(F)F. The van der Waals surface area contributed by atoms with Crippen LogP contribution in [0.3, 0.4) is 0 Å².